The molecule has 0 aliphatic carbocycles. The summed E-state index contributed by atoms with van der Waals surface area (Å²) < 4.78 is 11.0. The zero-order chi connectivity index (χ0) is 15.5. The van der Waals surface area contributed by atoms with E-state index < -0.39 is 0 Å². The molecule has 5 heteroatoms. The number of rotatable bonds is 6. The van der Waals surface area contributed by atoms with Crippen LogP contribution in [0.5, 0.6) is 5.75 Å². The lowest BCUT2D eigenvalue weighted by atomic mass is 10.1. The van der Waals surface area contributed by atoms with Gasteiger partial charge in [-0.05, 0) is 31.4 Å². The van der Waals surface area contributed by atoms with Crippen LogP contribution in [0.3, 0.4) is 0 Å². The van der Waals surface area contributed by atoms with Crippen molar-refractivity contribution in [3.8, 4) is 5.75 Å². The molecule has 1 aliphatic heterocycles. The molecule has 1 aromatic rings. The van der Waals surface area contributed by atoms with Gasteiger partial charge in [-0.1, -0.05) is 13.8 Å². The third-order valence-corrected chi connectivity index (χ3v) is 3.20. The van der Waals surface area contributed by atoms with Crippen LogP contribution in [-0.2, 0) is 4.74 Å². The van der Waals surface area contributed by atoms with Gasteiger partial charge in [0.1, 0.15) is 12.4 Å². The maximum atomic E-state index is 6.04. The van der Waals surface area contributed by atoms with Gasteiger partial charge in [0.2, 0.25) is 0 Å². The van der Waals surface area contributed by atoms with Gasteiger partial charge in [-0.3, -0.25) is 4.98 Å². The SMILES string of the molecule is CC.Cc1cncc(OCC(N)CNC2CCOCC2)c1. The molecule has 0 aromatic carbocycles. The van der Waals surface area contributed by atoms with Crippen molar-refractivity contribution in [2.75, 3.05) is 26.4 Å². The van der Waals surface area contributed by atoms with Crippen molar-refractivity contribution in [3.05, 3.63) is 24.0 Å². The van der Waals surface area contributed by atoms with Crippen LogP contribution in [0.1, 0.15) is 32.3 Å². The van der Waals surface area contributed by atoms with Crippen LogP contribution >= 0.6 is 0 Å². The van der Waals surface area contributed by atoms with Crippen LogP contribution < -0.4 is 15.8 Å². The number of hydrogen-bond acceptors (Lipinski definition) is 5. The molecule has 0 saturated carbocycles. The third-order valence-electron chi connectivity index (χ3n) is 3.20. The van der Waals surface area contributed by atoms with E-state index in [9.17, 15) is 0 Å². The molecule has 2 rings (SSSR count). The van der Waals surface area contributed by atoms with Crippen molar-refractivity contribution < 1.29 is 9.47 Å². The summed E-state index contributed by atoms with van der Waals surface area (Å²) >= 11 is 0. The Hall–Kier alpha value is -1.17. The van der Waals surface area contributed by atoms with Gasteiger partial charge in [0.05, 0.1) is 12.2 Å². The van der Waals surface area contributed by atoms with Crippen molar-refractivity contribution in [2.45, 2.75) is 45.7 Å². The highest BCUT2D eigenvalue weighted by Gasteiger charge is 2.14. The summed E-state index contributed by atoms with van der Waals surface area (Å²) in [6.45, 7) is 8.95. The molecule has 5 nitrogen and oxygen atoms in total. The fraction of sp³-hybridized carbons (Fsp3) is 0.688. The van der Waals surface area contributed by atoms with Gasteiger partial charge >= 0.3 is 0 Å². The van der Waals surface area contributed by atoms with Crippen LogP contribution in [0.15, 0.2) is 18.5 Å². The monoisotopic (exact) mass is 295 g/mol. The second-order valence-corrected chi connectivity index (χ2v) is 5.06. The first-order chi connectivity index (χ1) is 10.2. The van der Waals surface area contributed by atoms with Gasteiger partial charge in [0.15, 0.2) is 0 Å². The molecule has 21 heavy (non-hydrogen) atoms. The number of aryl methyl sites for hydroxylation is 1. The Labute approximate surface area is 128 Å². The normalized spacial score (nSPS) is 16.8. The molecule has 1 fully saturated rings. The van der Waals surface area contributed by atoms with Gasteiger partial charge in [-0.25, -0.2) is 0 Å². The predicted octanol–water partition coefficient (Wildman–Crippen LogP) is 1.89. The maximum absolute atomic E-state index is 6.04. The number of nitrogens with one attached hydrogen (secondary N) is 1. The van der Waals surface area contributed by atoms with Crippen LogP contribution in [0.25, 0.3) is 0 Å². The highest BCUT2D eigenvalue weighted by molar-refractivity contribution is 5.22. The fourth-order valence-corrected chi connectivity index (χ4v) is 2.09. The number of nitrogens with zero attached hydrogens (tertiary/aromatic N) is 1. The molecule has 0 radical (unpaired) electrons. The van der Waals surface area contributed by atoms with E-state index in [1.54, 1.807) is 12.4 Å². The Morgan fingerprint density at radius 3 is 2.76 bits per heavy atom. The summed E-state index contributed by atoms with van der Waals surface area (Å²) in [6.07, 6.45) is 5.65. The van der Waals surface area contributed by atoms with Crippen molar-refractivity contribution >= 4 is 0 Å². The van der Waals surface area contributed by atoms with E-state index in [1.165, 1.54) is 0 Å². The van der Waals surface area contributed by atoms with Crippen molar-refractivity contribution in [1.82, 2.24) is 10.3 Å². The summed E-state index contributed by atoms with van der Waals surface area (Å²) in [5, 5.41) is 3.47. The van der Waals surface area contributed by atoms with E-state index in [2.05, 4.69) is 10.3 Å². The minimum atomic E-state index is -0.0108. The van der Waals surface area contributed by atoms with Crippen LogP contribution in [0.4, 0.5) is 0 Å². The summed E-state index contributed by atoms with van der Waals surface area (Å²) in [4.78, 5) is 4.09. The van der Waals surface area contributed by atoms with E-state index in [1.807, 2.05) is 26.8 Å². The lowest BCUT2D eigenvalue weighted by Gasteiger charge is -2.24. The van der Waals surface area contributed by atoms with E-state index in [0.717, 1.165) is 43.9 Å². The molecule has 1 aromatic heterocycles. The molecule has 1 unspecified atom stereocenters. The van der Waals surface area contributed by atoms with Crippen molar-refractivity contribution in [2.24, 2.45) is 5.73 Å². The standard InChI is InChI=1S/C14H23N3O2.C2H6/c1-11-6-14(9-16-7-11)19-10-12(15)8-17-13-2-4-18-5-3-13;1-2/h6-7,9,12-13,17H,2-5,8,10,15H2,1H3;1-2H3. The Morgan fingerprint density at radius 2 is 2.10 bits per heavy atom. The molecule has 3 N–H and O–H groups in total. The topological polar surface area (TPSA) is 69.4 Å². The third kappa shape index (κ3) is 7.41. The molecular formula is C16H29N3O2. The average molecular weight is 295 g/mol. The van der Waals surface area contributed by atoms with Crippen LogP contribution in [0.2, 0.25) is 0 Å². The van der Waals surface area contributed by atoms with Gasteiger partial charge in [0, 0.05) is 32.0 Å². The van der Waals surface area contributed by atoms with Crippen molar-refractivity contribution in [1.29, 1.82) is 0 Å². The van der Waals surface area contributed by atoms with Gasteiger partial charge < -0.3 is 20.5 Å². The predicted molar refractivity (Wildman–Crippen MR) is 85.6 cm³/mol. The van der Waals surface area contributed by atoms with Gasteiger partial charge in [-0.2, -0.15) is 0 Å². The molecule has 1 saturated heterocycles. The molecule has 0 bridgehead atoms. The number of pyridine rings is 1. The highest BCUT2D eigenvalue weighted by Crippen LogP contribution is 2.10. The average Bonchev–Trinajstić information content (AvgIpc) is 2.54. The molecule has 120 valence electrons. The first-order valence-corrected chi connectivity index (χ1v) is 7.85. The Kier molecular flexibility index (Phi) is 8.98. The lowest BCUT2D eigenvalue weighted by molar-refractivity contribution is 0.0772. The van der Waals surface area contributed by atoms with E-state index >= 15 is 0 Å². The Morgan fingerprint density at radius 1 is 1.38 bits per heavy atom. The second-order valence-electron chi connectivity index (χ2n) is 5.06. The van der Waals surface area contributed by atoms with Gasteiger partial charge in [-0.15, -0.1) is 0 Å². The van der Waals surface area contributed by atoms with Crippen molar-refractivity contribution in [3.63, 3.8) is 0 Å². The summed E-state index contributed by atoms with van der Waals surface area (Å²) in [5.74, 6) is 0.779. The number of nitrogens with two attached hydrogens (primary N) is 1. The number of hydrogen-bond donors (Lipinski definition) is 2. The molecule has 0 spiro atoms. The first kappa shape index (κ1) is 17.9. The summed E-state index contributed by atoms with van der Waals surface area (Å²) in [6, 6.07) is 2.48. The zero-order valence-corrected chi connectivity index (χ0v) is 13.5. The quantitative estimate of drug-likeness (QED) is 0.839. The Bertz CT molecular complexity index is 382. The highest BCUT2D eigenvalue weighted by atomic mass is 16.5. The molecule has 1 aliphatic rings. The van der Waals surface area contributed by atoms with Crippen LogP contribution in [-0.4, -0.2) is 43.4 Å². The minimum Gasteiger partial charge on any atom is -0.490 e. The van der Waals surface area contributed by atoms with Crippen LogP contribution in [0, 0.1) is 6.92 Å². The molecule has 2 heterocycles. The number of aromatic nitrogens is 1. The van der Waals surface area contributed by atoms with E-state index in [-0.39, 0.29) is 6.04 Å². The zero-order valence-electron chi connectivity index (χ0n) is 13.5. The number of ether oxygens (including phenoxy) is 2. The molecular weight excluding hydrogens is 266 g/mol. The second kappa shape index (κ2) is 10.5. The Balaban J connectivity index is 0.00000106. The molecule has 1 atom stereocenters. The lowest BCUT2D eigenvalue weighted by Crippen LogP contribution is -2.44. The van der Waals surface area contributed by atoms with E-state index in [4.69, 9.17) is 15.2 Å². The van der Waals surface area contributed by atoms with E-state index in [0.29, 0.717) is 12.6 Å². The first-order valence-electron chi connectivity index (χ1n) is 7.85. The minimum absolute atomic E-state index is 0.0108. The molecule has 0 amide bonds. The summed E-state index contributed by atoms with van der Waals surface area (Å²) in [7, 11) is 0. The maximum Gasteiger partial charge on any atom is 0.137 e. The summed E-state index contributed by atoms with van der Waals surface area (Å²) in [5.41, 5.74) is 7.13. The van der Waals surface area contributed by atoms with Gasteiger partial charge in [0.25, 0.3) is 0 Å². The largest absolute Gasteiger partial charge is 0.490 e. The fourth-order valence-electron chi connectivity index (χ4n) is 2.09. The smallest absolute Gasteiger partial charge is 0.137 e.